The SMILES string of the molecule is CCS[C@@H]1CC[C@H](NC(=O)N2CCC[C@H](c3ncc[nH]3)C2)C1. The van der Waals surface area contributed by atoms with Gasteiger partial charge in [0.15, 0.2) is 0 Å². The Kier molecular flexibility index (Phi) is 5.28. The molecule has 3 rings (SSSR count). The van der Waals surface area contributed by atoms with Gasteiger partial charge in [0.1, 0.15) is 5.82 Å². The maximum absolute atomic E-state index is 12.5. The van der Waals surface area contributed by atoms with Crippen LogP contribution in [0.1, 0.15) is 50.8 Å². The molecule has 2 N–H and O–H groups in total. The summed E-state index contributed by atoms with van der Waals surface area (Å²) in [6.45, 7) is 3.85. The first kappa shape index (κ1) is 15.7. The van der Waals surface area contributed by atoms with E-state index in [0.29, 0.717) is 12.0 Å². The van der Waals surface area contributed by atoms with Crippen molar-refractivity contribution in [3.05, 3.63) is 18.2 Å². The van der Waals surface area contributed by atoms with Gasteiger partial charge in [-0.3, -0.25) is 0 Å². The minimum Gasteiger partial charge on any atom is -0.348 e. The summed E-state index contributed by atoms with van der Waals surface area (Å²) in [5, 5.41) is 3.98. The van der Waals surface area contributed by atoms with Crippen LogP contribution >= 0.6 is 11.8 Å². The van der Waals surface area contributed by atoms with Crippen molar-refractivity contribution in [2.24, 2.45) is 0 Å². The van der Waals surface area contributed by atoms with E-state index in [-0.39, 0.29) is 6.03 Å². The van der Waals surface area contributed by atoms with Gasteiger partial charge in [-0.2, -0.15) is 11.8 Å². The van der Waals surface area contributed by atoms with Crippen molar-refractivity contribution in [2.45, 2.75) is 56.2 Å². The van der Waals surface area contributed by atoms with Gasteiger partial charge in [0.2, 0.25) is 0 Å². The number of thioether (sulfide) groups is 1. The fraction of sp³-hybridized carbons (Fsp3) is 0.750. The topological polar surface area (TPSA) is 61.0 Å². The van der Waals surface area contributed by atoms with Crippen LogP contribution in [0.25, 0.3) is 0 Å². The molecule has 0 radical (unpaired) electrons. The molecule has 22 heavy (non-hydrogen) atoms. The maximum Gasteiger partial charge on any atom is 0.317 e. The predicted octanol–water partition coefficient (Wildman–Crippen LogP) is 2.97. The first-order valence-electron chi connectivity index (χ1n) is 8.42. The molecule has 0 unspecified atom stereocenters. The molecule has 1 aliphatic heterocycles. The highest BCUT2D eigenvalue weighted by molar-refractivity contribution is 7.99. The van der Waals surface area contributed by atoms with E-state index in [1.165, 1.54) is 12.2 Å². The van der Waals surface area contributed by atoms with Crippen molar-refractivity contribution in [1.29, 1.82) is 0 Å². The van der Waals surface area contributed by atoms with Crippen molar-refractivity contribution < 1.29 is 4.79 Å². The highest BCUT2D eigenvalue weighted by Gasteiger charge is 2.30. The van der Waals surface area contributed by atoms with Crippen LogP contribution in [0.4, 0.5) is 4.79 Å². The highest BCUT2D eigenvalue weighted by Crippen LogP contribution is 2.30. The van der Waals surface area contributed by atoms with E-state index in [0.717, 1.165) is 49.8 Å². The monoisotopic (exact) mass is 322 g/mol. The molecule has 0 aromatic carbocycles. The van der Waals surface area contributed by atoms with Crippen molar-refractivity contribution in [3.8, 4) is 0 Å². The quantitative estimate of drug-likeness (QED) is 0.896. The second-order valence-corrected chi connectivity index (χ2v) is 7.87. The van der Waals surface area contributed by atoms with E-state index >= 15 is 0 Å². The van der Waals surface area contributed by atoms with Gasteiger partial charge < -0.3 is 15.2 Å². The fourth-order valence-corrected chi connectivity index (χ4v) is 4.75. The van der Waals surface area contributed by atoms with Gasteiger partial charge >= 0.3 is 6.03 Å². The minimum absolute atomic E-state index is 0.114. The second kappa shape index (κ2) is 7.40. The molecule has 122 valence electrons. The summed E-state index contributed by atoms with van der Waals surface area (Å²) in [4.78, 5) is 22.0. The Morgan fingerprint density at radius 2 is 2.41 bits per heavy atom. The molecule has 2 heterocycles. The number of carbonyl (C=O) groups excluding carboxylic acids is 1. The minimum atomic E-state index is 0.114. The number of aromatic nitrogens is 2. The first-order valence-corrected chi connectivity index (χ1v) is 9.47. The smallest absolute Gasteiger partial charge is 0.317 e. The van der Waals surface area contributed by atoms with Crippen LogP contribution in [0, 0.1) is 0 Å². The molecule has 1 aliphatic carbocycles. The van der Waals surface area contributed by atoms with Crippen LogP contribution in [-0.4, -0.2) is 51.0 Å². The van der Waals surface area contributed by atoms with Gasteiger partial charge in [0, 0.05) is 42.7 Å². The summed E-state index contributed by atoms with van der Waals surface area (Å²) in [6.07, 6.45) is 9.29. The number of urea groups is 1. The molecule has 2 aliphatic rings. The van der Waals surface area contributed by atoms with E-state index < -0.39 is 0 Å². The molecule has 2 amide bonds. The summed E-state index contributed by atoms with van der Waals surface area (Å²) in [5.74, 6) is 2.53. The third-order valence-electron chi connectivity index (χ3n) is 4.73. The van der Waals surface area contributed by atoms with E-state index in [1.54, 1.807) is 6.20 Å². The lowest BCUT2D eigenvalue weighted by Gasteiger charge is -2.32. The Morgan fingerprint density at radius 3 is 3.18 bits per heavy atom. The lowest BCUT2D eigenvalue weighted by atomic mass is 9.97. The summed E-state index contributed by atoms with van der Waals surface area (Å²) in [5.41, 5.74) is 0. The molecule has 0 spiro atoms. The normalized spacial score (nSPS) is 28.8. The molecule has 1 aromatic heterocycles. The fourth-order valence-electron chi connectivity index (χ4n) is 3.61. The number of hydrogen-bond donors (Lipinski definition) is 2. The molecule has 1 saturated heterocycles. The van der Waals surface area contributed by atoms with Gasteiger partial charge in [-0.15, -0.1) is 0 Å². The van der Waals surface area contributed by atoms with Crippen molar-refractivity contribution in [3.63, 3.8) is 0 Å². The van der Waals surface area contributed by atoms with Crippen molar-refractivity contribution in [2.75, 3.05) is 18.8 Å². The molecule has 2 fully saturated rings. The predicted molar refractivity (Wildman–Crippen MR) is 90.2 cm³/mol. The Hall–Kier alpha value is -1.17. The molecule has 1 aromatic rings. The van der Waals surface area contributed by atoms with Crippen LogP contribution in [0.3, 0.4) is 0 Å². The zero-order valence-electron chi connectivity index (χ0n) is 13.3. The summed E-state index contributed by atoms with van der Waals surface area (Å²) in [6, 6.07) is 0.476. The number of aromatic amines is 1. The Labute approximate surface area is 136 Å². The average Bonchev–Trinajstić information content (AvgIpc) is 3.20. The van der Waals surface area contributed by atoms with Gasteiger partial charge in [0.25, 0.3) is 0 Å². The molecular weight excluding hydrogens is 296 g/mol. The second-order valence-electron chi connectivity index (χ2n) is 6.30. The number of amides is 2. The number of imidazole rings is 1. The maximum atomic E-state index is 12.5. The molecular formula is C16H26N4OS. The molecule has 6 heteroatoms. The molecule has 1 saturated carbocycles. The zero-order chi connectivity index (χ0) is 15.4. The van der Waals surface area contributed by atoms with Gasteiger partial charge in [-0.25, -0.2) is 9.78 Å². The van der Waals surface area contributed by atoms with Crippen LogP contribution in [-0.2, 0) is 0 Å². The molecule has 0 bridgehead atoms. The molecule has 3 atom stereocenters. The zero-order valence-corrected chi connectivity index (χ0v) is 14.1. The Bertz CT molecular complexity index is 479. The lowest BCUT2D eigenvalue weighted by Crippen LogP contribution is -2.47. The summed E-state index contributed by atoms with van der Waals surface area (Å²) >= 11 is 2.03. The van der Waals surface area contributed by atoms with E-state index in [2.05, 4.69) is 22.2 Å². The van der Waals surface area contributed by atoms with Crippen molar-refractivity contribution in [1.82, 2.24) is 20.2 Å². The van der Waals surface area contributed by atoms with E-state index in [1.807, 2.05) is 22.9 Å². The third kappa shape index (κ3) is 3.77. The van der Waals surface area contributed by atoms with Gasteiger partial charge in [-0.05, 0) is 37.9 Å². The Balaban J connectivity index is 1.50. The van der Waals surface area contributed by atoms with Crippen LogP contribution in [0.15, 0.2) is 12.4 Å². The largest absolute Gasteiger partial charge is 0.348 e. The van der Waals surface area contributed by atoms with Gasteiger partial charge in [0.05, 0.1) is 0 Å². The number of carbonyl (C=O) groups is 1. The van der Waals surface area contributed by atoms with Gasteiger partial charge in [-0.1, -0.05) is 6.92 Å². The van der Waals surface area contributed by atoms with Crippen LogP contribution < -0.4 is 5.32 Å². The number of nitrogens with one attached hydrogen (secondary N) is 2. The van der Waals surface area contributed by atoms with Crippen LogP contribution in [0.2, 0.25) is 0 Å². The average molecular weight is 322 g/mol. The Morgan fingerprint density at radius 1 is 1.50 bits per heavy atom. The number of piperidine rings is 1. The summed E-state index contributed by atoms with van der Waals surface area (Å²) < 4.78 is 0. The number of rotatable bonds is 4. The van der Waals surface area contributed by atoms with E-state index in [4.69, 9.17) is 0 Å². The number of nitrogens with zero attached hydrogens (tertiary/aromatic N) is 2. The third-order valence-corrected chi connectivity index (χ3v) is 5.96. The highest BCUT2D eigenvalue weighted by atomic mass is 32.2. The van der Waals surface area contributed by atoms with Crippen molar-refractivity contribution >= 4 is 17.8 Å². The number of likely N-dealkylation sites (tertiary alicyclic amines) is 1. The first-order chi connectivity index (χ1) is 10.8. The van der Waals surface area contributed by atoms with Crippen LogP contribution in [0.5, 0.6) is 0 Å². The summed E-state index contributed by atoms with van der Waals surface area (Å²) in [7, 11) is 0. The number of H-pyrrole nitrogens is 1. The van der Waals surface area contributed by atoms with E-state index in [9.17, 15) is 4.79 Å². The standard InChI is InChI=1S/C16H26N4OS/c1-2-22-14-6-5-13(10-14)19-16(21)20-9-3-4-12(11-20)15-17-7-8-18-15/h7-8,12-14H,2-6,9-11H2,1H3,(H,17,18)(H,19,21)/t12-,13-,14+/m0/s1. The molecule has 5 nitrogen and oxygen atoms in total. The lowest BCUT2D eigenvalue weighted by molar-refractivity contribution is 0.175. The number of hydrogen-bond acceptors (Lipinski definition) is 3.